The van der Waals surface area contributed by atoms with Crippen molar-refractivity contribution in [2.45, 2.75) is 44.7 Å². The van der Waals surface area contributed by atoms with Crippen LogP contribution >= 0.6 is 0 Å². The molecule has 0 saturated carbocycles. The highest BCUT2D eigenvalue weighted by Gasteiger charge is 2.18. The molecule has 2 N–H and O–H groups in total. The molecule has 0 bridgehead atoms. The fourth-order valence-electron chi connectivity index (χ4n) is 1.96. The molecule has 0 aliphatic heterocycles. The topological polar surface area (TPSA) is 106 Å². The zero-order valence-corrected chi connectivity index (χ0v) is 13.0. The highest BCUT2D eigenvalue weighted by molar-refractivity contribution is 7.89. The minimum atomic E-state index is -3.55. The largest absolute Gasteiger partial charge is 0.334 e. The summed E-state index contributed by atoms with van der Waals surface area (Å²) in [7, 11) is -3.55. The normalized spacial score (nSPS) is 11.9. The Labute approximate surface area is 124 Å². The number of aryl methyl sites for hydroxylation is 3. The van der Waals surface area contributed by atoms with E-state index in [9.17, 15) is 8.42 Å². The Morgan fingerprint density at radius 2 is 2.24 bits per heavy atom. The van der Waals surface area contributed by atoms with Gasteiger partial charge in [0.15, 0.2) is 5.03 Å². The fourth-order valence-corrected chi connectivity index (χ4v) is 3.04. The third-order valence-electron chi connectivity index (χ3n) is 3.04. The molecule has 0 aliphatic carbocycles. The van der Waals surface area contributed by atoms with Crippen LogP contribution in [0.4, 0.5) is 0 Å². The van der Waals surface area contributed by atoms with Gasteiger partial charge in [-0.2, -0.15) is 5.10 Å². The number of aromatic amines is 1. The number of H-pyrrole nitrogens is 1. The molecule has 8 nitrogen and oxygen atoms in total. The summed E-state index contributed by atoms with van der Waals surface area (Å²) in [6.45, 7) is 4.94. The van der Waals surface area contributed by atoms with Crippen LogP contribution in [0.5, 0.6) is 0 Å². The lowest BCUT2D eigenvalue weighted by molar-refractivity contribution is 0.574. The minimum absolute atomic E-state index is 0.0770. The summed E-state index contributed by atoms with van der Waals surface area (Å²) in [6.07, 6.45) is 5.23. The van der Waals surface area contributed by atoms with Crippen molar-refractivity contribution in [3.63, 3.8) is 0 Å². The molecule has 0 radical (unpaired) electrons. The highest BCUT2D eigenvalue weighted by atomic mass is 32.2. The molecule has 0 fully saturated rings. The Morgan fingerprint density at radius 3 is 2.90 bits per heavy atom. The minimum Gasteiger partial charge on any atom is -0.334 e. The number of rotatable bonds is 8. The van der Waals surface area contributed by atoms with Crippen LogP contribution in [-0.2, 0) is 23.0 Å². The van der Waals surface area contributed by atoms with Gasteiger partial charge >= 0.3 is 0 Å². The summed E-state index contributed by atoms with van der Waals surface area (Å²) in [5.41, 5.74) is 0. The molecular weight excluding hydrogens is 292 g/mol. The first kappa shape index (κ1) is 15.6. The average molecular weight is 312 g/mol. The molecule has 116 valence electrons. The average Bonchev–Trinajstić information content (AvgIpc) is 3.06. The van der Waals surface area contributed by atoms with E-state index in [-0.39, 0.29) is 5.03 Å². The van der Waals surface area contributed by atoms with Gasteiger partial charge in [-0.05, 0) is 19.8 Å². The van der Waals surface area contributed by atoms with E-state index in [0.717, 1.165) is 18.8 Å². The summed E-state index contributed by atoms with van der Waals surface area (Å²) in [4.78, 5) is 8.10. The lowest BCUT2D eigenvalue weighted by atomic mass is 10.3. The summed E-state index contributed by atoms with van der Waals surface area (Å²) in [5, 5.41) is 6.55. The van der Waals surface area contributed by atoms with Crippen molar-refractivity contribution in [1.82, 2.24) is 29.5 Å². The molecule has 0 unspecified atom stereocenters. The number of nitrogens with one attached hydrogen (secondary N) is 2. The second kappa shape index (κ2) is 6.81. The zero-order chi connectivity index (χ0) is 15.3. The van der Waals surface area contributed by atoms with Gasteiger partial charge in [0.25, 0.3) is 10.0 Å². The maximum Gasteiger partial charge on any atom is 0.259 e. The standard InChI is InChI=1S/C12H20N6O2S/c1-3-7-18-8-12(16-10(18)2)21(19,20)15-6-4-5-11-13-9-14-17-11/h8-9,15H,3-7H2,1-2H3,(H,13,14,17). The van der Waals surface area contributed by atoms with Crippen molar-refractivity contribution in [3.05, 3.63) is 24.2 Å². The van der Waals surface area contributed by atoms with Gasteiger partial charge < -0.3 is 4.57 Å². The van der Waals surface area contributed by atoms with Crippen LogP contribution in [0.3, 0.4) is 0 Å². The van der Waals surface area contributed by atoms with E-state index in [1.54, 1.807) is 13.1 Å². The van der Waals surface area contributed by atoms with Crippen LogP contribution in [-0.4, -0.2) is 39.7 Å². The van der Waals surface area contributed by atoms with E-state index in [4.69, 9.17) is 0 Å². The first-order valence-electron chi connectivity index (χ1n) is 6.90. The van der Waals surface area contributed by atoms with E-state index < -0.39 is 10.0 Å². The van der Waals surface area contributed by atoms with Gasteiger partial charge in [-0.1, -0.05) is 6.92 Å². The summed E-state index contributed by atoms with van der Waals surface area (Å²) >= 11 is 0. The van der Waals surface area contributed by atoms with Gasteiger partial charge in [-0.25, -0.2) is 23.1 Å². The molecule has 0 amide bonds. The van der Waals surface area contributed by atoms with Crippen molar-refractivity contribution in [2.24, 2.45) is 0 Å². The molecule has 2 rings (SSSR count). The number of aromatic nitrogens is 5. The first-order valence-corrected chi connectivity index (χ1v) is 8.39. The summed E-state index contributed by atoms with van der Waals surface area (Å²) in [6, 6.07) is 0. The fraction of sp³-hybridized carbons (Fsp3) is 0.583. The number of imidazole rings is 1. The molecule has 0 aliphatic rings. The highest BCUT2D eigenvalue weighted by Crippen LogP contribution is 2.09. The van der Waals surface area contributed by atoms with Gasteiger partial charge in [0.2, 0.25) is 0 Å². The van der Waals surface area contributed by atoms with Gasteiger partial charge in [0.05, 0.1) is 0 Å². The lowest BCUT2D eigenvalue weighted by Crippen LogP contribution is -2.25. The van der Waals surface area contributed by atoms with Gasteiger partial charge in [0, 0.05) is 25.7 Å². The lowest BCUT2D eigenvalue weighted by Gasteiger charge is -2.03. The molecule has 2 aromatic heterocycles. The maximum absolute atomic E-state index is 12.1. The number of sulfonamides is 1. The Morgan fingerprint density at radius 1 is 1.43 bits per heavy atom. The van der Waals surface area contributed by atoms with Crippen LogP contribution in [0, 0.1) is 6.92 Å². The van der Waals surface area contributed by atoms with Crippen LogP contribution in [0.25, 0.3) is 0 Å². The second-order valence-electron chi connectivity index (χ2n) is 4.75. The number of nitrogens with zero attached hydrogens (tertiary/aromatic N) is 4. The molecule has 0 saturated heterocycles. The Kier molecular flexibility index (Phi) is 5.07. The second-order valence-corrected chi connectivity index (χ2v) is 6.47. The Hall–Kier alpha value is -1.74. The van der Waals surface area contributed by atoms with Crippen molar-refractivity contribution >= 4 is 10.0 Å². The van der Waals surface area contributed by atoms with Crippen molar-refractivity contribution in [2.75, 3.05) is 6.54 Å². The van der Waals surface area contributed by atoms with Gasteiger partial charge in [0.1, 0.15) is 18.0 Å². The maximum atomic E-state index is 12.1. The van der Waals surface area contributed by atoms with Gasteiger partial charge in [-0.15, -0.1) is 0 Å². The molecule has 21 heavy (non-hydrogen) atoms. The van der Waals surface area contributed by atoms with E-state index in [2.05, 4.69) is 24.9 Å². The third-order valence-corrected chi connectivity index (χ3v) is 4.37. The van der Waals surface area contributed by atoms with E-state index >= 15 is 0 Å². The first-order chi connectivity index (χ1) is 10.0. The van der Waals surface area contributed by atoms with Crippen LogP contribution < -0.4 is 4.72 Å². The molecule has 0 aromatic carbocycles. The summed E-state index contributed by atoms with van der Waals surface area (Å²) in [5.74, 6) is 1.45. The molecule has 2 heterocycles. The monoisotopic (exact) mass is 312 g/mol. The van der Waals surface area contributed by atoms with Crippen molar-refractivity contribution in [1.29, 1.82) is 0 Å². The SMILES string of the molecule is CCCn1cc(S(=O)(=O)NCCCc2ncn[nH]2)nc1C. The molecular formula is C12H20N6O2S. The summed E-state index contributed by atoms with van der Waals surface area (Å²) < 4.78 is 28.7. The van der Waals surface area contributed by atoms with E-state index in [0.29, 0.717) is 25.2 Å². The molecule has 0 spiro atoms. The van der Waals surface area contributed by atoms with Crippen LogP contribution in [0.1, 0.15) is 31.4 Å². The van der Waals surface area contributed by atoms with Crippen LogP contribution in [0.15, 0.2) is 17.6 Å². The molecule has 0 atom stereocenters. The number of hydrogen-bond donors (Lipinski definition) is 2. The van der Waals surface area contributed by atoms with Crippen LogP contribution in [0.2, 0.25) is 0 Å². The smallest absolute Gasteiger partial charge is 0.259 e. The Balaban J connectivity index is 1.90. The predicted octanol–water partition coefficient (Wildman–Crippen LogP) is 0.631. The third kappa shape index (κ3) is 4.11. The quantitative estimate of drug-likeness (QED) is 0.696. The van der Waals surface area contributed by atoms with E-state index in [1.807, 2.05) is 11.5 Å². The van der Waals surface area contributed by atoms with Crippen molar-refractivity contribution < 1.29 is 8.42 Å². The predicted molar refractivity (Wildman–Crippen MR) is 77.1 cm³/mol. The zero-order valence-electron chi connectivity index (χ0n) is 12.2. The molecule has 2 aromatic rings. The number of hydrogen-bond acceptors (Lipinski definition) is 5. The molecule has 9 heteroatoms. The van der Waals surface area contributed by atoms with Crippen molar-refractivity contribution in [3.8, 4) is 0 Å². The van der Waals surface area contributed by atoms with Gasteiger partial charge in [-0.3, -0.25) is 5.10 Å². The van der Waals surface area contributed by atoms with E-state index in [1.165, 1.54) is 6.33 Å². The Bertz CT molecular complexity index is 662.